The van der Waals surface area contributed by atoms with E-state index in [-0.39, 0.29) is 11.8 Å². The fourth-order valence-electron chi connectivity index (χ4n) is 3.31. The van der Waals surface area contributed by atoms with E-state index in [1.54, 1.807) is 7.05 Å². The zero-order valence-electron chi connectivity index (χ0n) is 14.7. The van der Waals surface area contributed by atoms with Crippen LogP contribution in [0.15, 0.2) is 24.3 Å². The lowest BCUT2D eigenvalue weighted by Crippen LogP contribution is -2.59. The second kappa shape index (κ2) is 8.71. The van der Waals surface area contributed by atoms with Gasteiger partial charge >= 0.3 is 0 Å². The maximum Gasteiger partial charge on any atom is 0.245 e. The van der Waals surface area contributed by atoms with Gasteiger partial charge in [0.25, 0.3) is 0 Å². The SMILES string of the molecule is CCOc1ccc(CCC(=O)NC2(C(=O)NC)CCCCC2)cc1. The molecule has 1 fully saturated rings. The highest BCUT2D eigenvalue weighted by Crippen LogP contribution is 2.28. The molecule has 0 heterocycles. The van der Waals surface area contributed by atoms with Crippen LogP contribution in [0.4, 0.5) is 0 Å². The predicted octanol–water partition coefficient (Wildman–Crippen LogP) is 2.58. The Bertz CT molecular complexity index is 548. The third-order valence-electron chi connectivity index (χ3n) is 4.62. The first-order valence-electron chi connectivity index (χ1n) is 8.84. The summed E-state index contributed by atoms with van der Waals surface area (Å²) < 4.78 is 5.42. The Kier molecular flexibility index (Phi) is 6.64. The van der Waals surface area contributed by atoms with Gasteiger partial charge in [0, 0.05) is 13.5 Å². The fourth-order valence-corrected chi connectivity index (χ4v) is 3.31. The smallest absolute Gasteiger partial charge is 0.245 e. The summed E-state index contributed by atoms with van der Waals surface area (Å²) in [7, 11) is 1.63. The van der Waals surface area contributed by atoms with Crippen LogP contribution in [-0.2, 0) is 16.0 Å². The van der Waals surface area contributed by atoms with Crippen molar-refractivity contribution in [2.75, 3.05) is 13.7 Å². The van der Waals surface area contributed by atoms with Crippen molar-refractivity contribution in [2.24, 2.45) is 0 Å². The van der Waals surface area contributed by atoms with Crippen LogP contribution < -0.4 is 15.4 Å². The van der Waals surface area contributed by atoms with Crippen molar-refractivity contribution in [2.45, 2.75) is 57.4 Å². The molecule has 132 valence electrons. The normalized spacial score (nSPS) is 16.2. The lowest BCUT2D eigenvalue weighted by molar-refractivity contribution is -0.134. The summed E-state index contributed by atoms with van der Waals surface area (Å²) in [5.41, 5.74) is 0.370. The molecule has 2 rings (SSSR count). The maximum absolute atomic E-state index is 12.4. The van der Waals surface area contributed by atoms with Gasteiger partial charge in [-0.1, -0.05) is 31.4 Å². The Morgan fingerprint density at radius 1 is 1.12 bits per heavy atom. The van der Waals surface area contributed by atoms with Crippen molar-refractivity contribution in [3.05, 3.63) is 29.8 Å². The van der Waals surface area contributed by atoms with Crippen LogP contribution >= 0.6 is 0 Å². The first-order chi connectivity index (χ1) is 11.6. The minimum absolute atomic E-state index is 0.0608. The summed E-state index contributed by atoms with van der Waals surface area (Å²) in [4.78, 5) is 24.6. The third-order valence-corrected chi connectivity index (χ3v) is 4.62. The molecule has 2 amide bonds. The van der Waals surface area contributed by atoms with Crippen LogP contribution in [0.1, 0.15) is 51.0 Å². The molecule has 1 aliphatic rings. The van der Waals surface area contributed by atoms with Crippen molar-refractivity contribution in [3.63, 3.8) is 0 Å². The van der Waals surface area contributed by atoms with Crippen molar-refractivity contribution in [1.29, 1.82) is 0 Å². The van der Waals surface area contributed by atoms with E-state index in [0.29, 0.717) is 19.4 Å². The topological polar surface area (TPSA) is 67.4 Å². The molecule has 5 nitrogen and oxygen atoms in total. The van der Waals surface area contributed by atoms with Crippen LogP contribution in [-0.4, -0.2) is 31.0 Å². The van der Waals surface area contributed by atoms with Crippen LogP contribution in [0, 0.1) is 0 Å². The standard InChI is InChI=1S/C19H28N2O3/c1-3-24-16-10-7-15(8-11-16)9-12-17(22)21-19(18(23)20-2)13-5-4-6-14-19/h7-8,10-11H,3-6,9,12-14H2,1-2H3,(H,20,23)(H,21,22). The Labute approximate surface area is 144 Å². The number of hydrogen-bond acceptors (Lipinski definition) is 3. The van der Waals surface area contributed by atoms with Gasteiger partial charge in [0.2, 0.25) is 11.8 Å². The number of likely N-dealkylation sites (N-methyl/N-ethyl adjacent to an activating group) is 1. The monoisotopic (exact) mass is 332 g/mol. The highest BCUT2D eigenvalue weighted by molar-refractivity contribution is 5.91. The Morgan fingerprint density at radius 3 is 2.38 bits per heavy atom. The molecule has 0 unspecified atom stereocenters. The second-order valence-corrected chi connectivity index (χ2v) is 6.35. The molecule has 5 heteroatoms. The van der Waals surface area contributed by atoms with Gasteiger partial charge in [0.15, 0.2) is 0 Å². The molecule has 0 radical (unpaired) electrons. The molecule has 0 spiro atoms. The highest BCUT2D eigenvalue weighted by atomic mass is 16.5. The van der Waals surface area contributed by atoms with Gasteiger partial charge < -0.3 is 15.4 Å². The van der Waals surface area contributed by atoms with Gasteiger partial charge in [0.1, 0.15) is 11.3 Å². The van der Waals surface area contributed by atoms with E-state index >= 15 is 0 Å². The van der Waals surface area contributed by atoms with Gasteiger partial charge in [-0.3, -0.25) is 9.59 Å². The van der Waals surface area contributed by atoms with E-state index in [2.05, 4.69) is 10.6 Å². The van der Waals surface area contributed by atoms with E-state index in [9.17, 15) is 9.59 Å². The minimum Gasteiger partial charge on any atom is -0.494 e. The average molecular weight is 332 g/mol. The maximum atomic E-state index is 12.4. The van der Waals surface area contributed by atoms with Gasteiger partial charge in [-0.15, -0.1) is 0 Å². The van der Waals surface area contributed by atoms with Gasteiger partial charge in [-0.05, 0) is 43.9 Å². The molecule has 0 saturated heterocycles. The molecule has 0 aromatic heterocycles. The lowest BCUT2D eigenvalue weighted by atomic mass is 9.80. The summed E-state index contributed by atoms with van der Waals surface area (Å²) >= 11 is 0. The van der Waals surface area contributed by atoms with Gasteiger partial charge in [-0.25, -0.2) is 0 Å². The van der Waals surface area contributed by atoms with E-state index in [1.165, 1.54) is 0 Å². The molecule has 1 aliphatic carbocycles. The van der Waals surface area contributed by atoms with Gasteiger partial charge in [0.05, 0.1) is 6.61 Å². The summed E-state index contributed by atoms with van der Waals surface area (Å²) in [6, 6.07) is 7.80. The second-order valence-electron chi connectivity index (χ2n) is 6.35. The first kappa shape index (κ1) is 18.3. The number of amides is 2. The molecule has 1 aromatic carbocycles. The molecule has 1 aromatic rings. The number of aryl methyl sites for hydroxylation is 1. The molecular formula is C19H28N2O3. The van der Waals surface area contributed by atoms with Crippen molar-refractivity contribution >= 4 is 11.8 Å². The number of ether oxygens (including phenoxy) is 1. The van der Waals surface area contributed by atoms with Gasteiger partial charge in [-0.2, -0.15) is 0 Å². The zero-order valence-corrected chi connectivity index (χ0v) is 14.7. The number of hydrogen-bond donors (Lipinski definition) is 2. The average Bonchev–Trinajstić information content (AvgIpc) is 2.61. The van der Waals surface area contributed by atoms with Crippen molar-refractivity contribution < 1.29 is 14.3 Å². The first-order valence-corrected chi connectivity index (χ1v) is 8.84. The number of carbonyl (C=O) groups is 2. The van der Waals surface area contributed by atoms with E-state index in [4.69, 9.17) is 4.74 Å². The van der Waals surface area contributed by atoms with Crippen LogP contribution in [0.5, 0.6) is 5.75 Å². The quantitative estimate of drug-likeness (QED) is 0.806. The molecule has 2 N–H and O–H groups in total. The Hall–Kier alpha value is -2.04. The zero-order chi connectivity index (χ0) is 17.4. The predicted molar refractivity (Wildman–Crippen MR) is 94.0 cm³/mol. The van der Waals surface area contributed by atoms with Crippen molar-refractivity contribution in [1.82, 2.24) is 10.6 Å². The van der Waals surface area contributed by atoms with Crippen LogP contribution in [0.2, 0.25) is 0 Å². The number of benzene rings is 1. The number of nitrogens with one attached hydrogen (secondary N) is 2. The fraction of sp³-hybridized carbons (Fsp3) is 0.579. The number of carbonyl (C=O) groups excluding carboxylic acids is 2. The number of rotatable bonds is 7. The Balaban J connectivity index is 1.90. The molecule has 0 atom stereocenters. The molecule has 0 aliphatic heterocycles. The van der Waals surface area contributed by atoms with Crippen molar-refractivity contribution in [3.8, 4) is 5.75 Å². The molecular weight excluding hydrogens is 304 g/mol. The van der Waals surface area contributed by atoms with E-state index in [1.807, 2.05) is 31.2 Å². The summed E-state index contributed by atoms with van der Waals surface area (Å²) in [6.07, 6.45) is 5.57. The van der Waals surface area contributed by atoms with Crippen LogP contribution in [0.25, 0.3) is 0 Å². The summed E-state index contributed by atoms with van der Waals surface area (Å²) in [6.45, 7) is 2.59. The van der Waals surface area contributed by atoms with E-state index < -0.39 is 5.54 Å². The van der Waals surface area contributed by atoms with Crippen LogP contribution in [0.3, 0.4) is 0 Å². The third kappa shape index (κ3) is 4.73. The largest absolute Gasteiger partial charge is 0.494 e. The molecule has 1 saturated carbocycles. The van der Waals surface area contributed by atoms with E-state index in [0.717, 1.165) is 43.4 Å². The summed E-state index contributed by atoms with van der Waals surface area (Å²) in [5.74, 6) is 0.706. The highest BCUT2D eigenvalue weighted by Gasteiger charge is 2.39. The summed E-state index contributed by atoms with van der Waals surface area (Å²) in [5, 5.41) is 5.71. The molecule has 0 bridgehead atoms. The lowest BCUT2D eigenvalue weighted by Gasteiger charge is -2.36. The minimum atomic E-state index is -0.719. The Morgan fingerprint density at radius 2 is 1.79 bits per heavy atom. The molecule has 24 heavy (non-hydrogen) atoms.